The summed E-state index contributed by atoms with van der Waals surface area (Å²) in [5.41, 5.74) is 1.88. The van der Waals surface area contributed by atoms with Crippen molar-refractivity contribution in [3.05, 3.63) is 111 Å². The number of non-ortho nitro benzene ring substituents is 1. The number of carbonyl (C=O) groups is 2. The van der Waals surface area contributed by atoms with E-state index in [0.717, 1.165) is 24.8 Å². The Hall–Kier alpha value is -4.33. The first-order valence-electron chi connectivity index (χ1n) is 10.8. The second-order valence-corrected chi connectivity index (χ2v) is 7.63. The van der Waals surface area contributed by atoms with Crippen LogP contribution in [-0.2, 0) is 11.2 Å². The SMILES string of the molecule is CCCCc1ccc(C(=O)NC(=Cc2ccc(F)cc2)C(=O)Nc2cccc([N+](=O)[O-])c2)cc1. The minimum atomic E-state index is -0.683. The quantitative estimate of drug-likeness (QED) is 0.250. The Morgan fingerprint density at radius 3 is 2.38 bits per heavy atom. The lowest BCUT2D eigenvalue weighted by molar-refractivity contribution is -0.384. The van der Waals surface area contributed by atoms with E-state index in [4.69, 9.17) is 0 Å². The Labute approximate surface area is 196 Å². The molecule has 0 unspecified atom stereocenters. The molecule has 0 atom stereocenters. The lowest BCUT2D eigenvalue weighted by Gasteiger charge is -2.12. The van der Waals surface area contributed by atoms with Gasteiger partial charge < -0.3 is 10.6 Å². The highest BCUT2D eigenvalue weighted by Gasteiger charge is 2.16. The number of anilines is 1. The van der Waals surface area contributed by atoms with Crippen molar-refractivity contribution in [2.75, 3.05) is 5.32 Å². The van der Waals surface area contributed by atoms with Crippen molar-refractivity contribution in [2.24, 2.45) is 0 Å². The van der Waals surface area contributed by atoms with Crippen LogP contribution in [0.4, 0.5) is 15.8 Å². The first kappa shape index (κ1) is 24.3. The second-order valence-electron chi connectivity index (χ2n) is 7.63. The van der Waals surface area contributed by atoms with Crippen LogP contribution in [-0.4, -0.2) is 16.7 Å². The first-order chi connectivity index (χ1) is 16.4. The fraction of sp³-hybridized carbons (Fsp3) is 0.154. The van der Waals surface area contributed by atoms with E-state index in [1.807, 2.05) is 12.1 Å². The van der Waals surface area contributed by atoms with Crippen LogP contribution in [0.5, 0.6) is 0 Å². The number of hydrogen-bond donors (Lipinski definition) is 2. The maximum atomic E-state index is 13.3. The molecule has 0 bridgehead atoms. The number of rotatable bonds is 9. The summed E-state index contributed by atoms with van der Waals surface area (Å²) < 4.78 is 13.3. The highest BCUT2D eigenvalue weighted by Crippen LogP contribution is 2.18. The lowest BCUT2D eigenvalue weighted by Crippen LogP contribution is -2.30. The number of nitrogens with zero attached hydrogens (tertiary/aromatic N) is 1. The highest BCUT2D eigenvalue weighted by atomic mass is 19.1. The molecule has 0 aromatic heterocycles. The first-order valence-corrected chi connectivity index (χ1v) is 10.8. The molecule has 0 aliphatic carbocycles. The van der Waals surface area contributed by atoms with Crippen molar-refractivity contribution >= 4 is 29.3 Å². The van der Waals surface area contributed by atoms with Crippen LogP contribution in [0.2, 0.25) is 0 Å². The number of carbonyl (C=O) groups excluding carboxylic acids is 2. The standard InChI is InChI=1S/C26H24FN3O4/c1-2-3-5-18-8-12-20(13-9-18)25(31)29-24(16-19-10-14-21(27)15-11-19)26(32)28-22-6-4-7-23(17-22)30(33)34/h4,6-17H,2-3,5H2,1H3,(H,28,32)(H,29,31). The minimum absolute atomic E-state index is 0.0989. The summed E-state index contributed by atoms with van der Waals surface area (Å²) in [7, 11) is 0. The molecule has 34 heavy (non-hydrogen) atoms. The van der Waals surface area contributed by atoms with E-state index in [9.17, 15) is 24.1 Å². The monoisotopic (exact) mass is 461 g/mol. The second kappa shape index (κ2) is 11.5. The largest absolute Gasteiger partial charge is 0.320 e. The summed E-state index contributed by atoms with van der Waals surface area (Å²) in [4.78, 5) is 36.3. The van der Waals surface area contributed by atoms with Crippen LogP contribution in [0.1, 0.15) is 41.3 Å². The molecule has 0 fully saturated rings. The van der Waals surface area contributed by atoms with Gasteiger partial charge in [-0.1, -0.05) is 43.7 Å². The highest BCUT2D eigenvalue weighted by molar-refractivity contribution is 6.10. The molecule has 0 aliphatic rings. The van der Waals surface area contributed by atoms with Crippen LogP contribution in [0, 0.1) is 15.9 Å². The van der Waals surface area contributed by atoms with Crippen LogP contribution in [0.25, 0.3) is 6.08 Å². The average Bonchev–Trinajstić information content (AvgIpc) is 2.84. The van der Waals surface area contributed by atoms with Crippen LogP contribution < -0.4 is 10.6 Å². The molecule has 0 radical (unpaired) electrons. The number of nitro benzene ring substituents is 1. The van der Waals surface area contributed by atoms with Gasteiger partial charge in [0.05, 0.1) is 4.92 Å². The lowest BCUT2D eigenvalue weighted by atomic mass is 10.1. The molecule has 3 aromatic rings. The molecular weight excluding hydrogens is 437 g/mol. The molecular formula is C26H24FN3O4. The number of hydrogen-bond acceptors (Lipinski definition) is 4. The Kier molecular flexibility index (Phi) is 8.23. The van der Waals surface area contributed by atoms with Gasteiger partial charge in [0.2, 0.25) is 0 Å². The fourth-order valence-electron chi connectivity index (χ4n) is 3.18. The molecule has 0 saturated carbocycles. The third-order valence-electron chi connectivity index (χ3n) is 5.02. The third kappa shape index (κ3) is 6.83. The summed E-state index contributed by atoms with van der Waals surface area (Å²) in [6, 6.07) is 18.0. The number of amides is 2. The molecule has 0 aliphatic heterocycles. The van der Waals surface area contributed by atoms with E-state index in [0.29, 0.717) is 11.1 Å². The summed E-state index contributed by atoms with van der Waals surface area (Å²) in [5, 5.41) is 16.2. The molecule has 8 heteroatoms. The number of halogens is 1. The summed E-state index contributed by atoms with van der Waals surface area (Å²) in [6.45, 7) is 2.11. The number of aryl methyl sites for hydroxylation is 1. The maximum absolute atomic E-state index is 13.3. The van der Waals surface area contributed by atoms with Gasteiger partial charge in [-0.15, -0.1) is 0 Å². The van der Waals surface area contributed by atoms with Crippen LogP contribution in [0.3, 0.4) is 0 Å². The number of nitrogens with one attached hydrogen (secondary N) is 2. The average molecular weight is 461 g/mol. The van der Waals surface area contributed by atoms with Gasteiger partial charge in [-0.2, -0.15) is 0 Å². The smallest absolute Gasteiger partial charge is 0.272 e. The Morgan fingerprint density at radius 2 is 1.74 bits per heavy atom. The zero-order valence-electron chi connectivity index (χ0n) is 18.6. The number of benzene rings is 3. The van der Waals surface area contributed by atoms with Crippen molar-refractivity contribution < 1.29 is 18.9 Å². The van der Waals surface area contributed by atoms with Gasteiger partial charge in [0.15, 0.2) is 0 Å². The van der Waals surface area contributed by atoms with Gasteiger partial charge in [-0.25, -0.2) is 4.39 Å². The van der Waals surface area contributed by atoms with Gasteiger partial charge in [0.1, 0.15) is 11.5 Å². The zero-order valence-corrected chi connectivity index (χ0v) is 18.6. The molecule has 0 spiro atoms. The molecule has 3 aromatic carbocycles. The topological polar surface area (TPSA) is 101 Å². The summed E-state index contributed by atoms with van der Waals surface area (Å²) in [5.74, 6) is -1.62. The van der Waals surface area contributed by atoms with Gasteiger partial charge >= 0.3 is 0 Å². The van der Waals surface area contributed by atoms with E-state index in [-0.39, 0.29) is 17.1 Å². The third-order valence-corrected chi connectivity index (χ3v) is 5.02. The molecule has 7 nitrogen and oxygen atoms in total. The zero-order chi connectivity index (χ0) is 24.5. The normalized spacial score (nSPS) is 11.1. The van der Waals surface area contributed by atoms with Crippen LogP contribution in [0.15, 0.2) is 78.5 Å². The molecule has 2 amide bonds. The van der Waals surface area contributed by atoms with Gasteiger partial charge in [0.25, 0.3) is 17.5 Å². The number of unbranched alkanes of at least 4 members (excludes halogenated alkanes) is 1. The van der Waals surface area contributed by atoms with Gasteiger partial charge in [-0.05, 0) is 60.4 Å². The van der Waals surface area contributed by atoms with E-state index in [1.165, 1.54) is 54.6 Å². The van der Waals surface area contributed by atoms with Gasteiger partial charge in [-0.3, -0.25) is 19.7 Å². The molecule has 174 valence electrons. The van der Waals surface area contributed by atoms with Crippen molar-refractivity contribution in [2.45, 2.75) is 26.2 Å². The van der Waals surface area contributed by atoms with E-state index in [1.54, 1.807) is 12.1 Å². The molecule has 0 saturated heterocycles. The van der Waals surface area contributed by atoms with Crippen molar-refractivity contribution in [3.8, 4) is 0 Å². The predicted octanol–water partition coefficient (Wildman–Crippen LogP) is 5.49. The van der Waals surface area contributed by atoms with Crippen LogP contribution >= 0.6 is 0 Å². The Bertz CT molecular complexity index is 1210. The summed E-state index contributed by atoms with van der Waals surface area (Å²) >= 11 is 0. The predicted molar refractivity (Wildman–Crippen MR) is 129 cm³/mol. The Balaban J connectivity index is 1.84. The molecule has 3 rings (SSSR count). The minimum Gasteiger partial charge on any atom is -0.320 e. The maximum Gasteiger partial charge on any atom is 0.272 e. The van der Waals surface area contributed by atoms with E-state index < -0.39 is 22.6 Å². The van der Waals surface area contributed by atoms with Crippen molar-refractivity contribution in [1.82, 2.24) is 5.32 Å². The molecule has 2 N–H and O–H groups in total. The van der Waals surface area contributed by atoms with Gasteiger partial charge in [0, 0.05) is 23.4 Å². The van der Waals surface area contributed by atoms with E-state index >= 15 is 0 Å². The van der Waals surface area contributed by atoms with Crippen molar-refractivity contribution in [1.29, 1.82) is 0 Å². The Morgan fingerprint density at radius 1 is 1.03 bits per heavy atom. The number of nitro groups is 1. The molecule has 0 heterocycles. The fourth-order valence-corrected chi connectivity index (χ4v) is 3.18. The summed E-state index contributed by atoms with van der Waals surface area (Å²) in [6.07, 6.45) is 4.44. The van der Waals surface area contributed by atoms with Crippen molar-refractivity contribution in [3.63, 3.8) is 0 Å². The van der Waals surface area contributed by atoms with E-state index in [2.05, 4.69) is 17.6 Å².